The van der Waals surface area contributed by atoms with Gasteiger partial charge in [-0.15, -0.1) is 22.7 Å². The third-order valence-corrected chi connectivity index (χ3v) is 15.3. The molecule has 0 saturated carbocycles. The van der Waals surface area contributed by atoms with Crippen molar-refractivity contribution in [3.8, 4) is 28.5 Å². The summed E-state index contributed by atoms with van der Waals surface area (Å²) in [4.78, 5) is 22.5. The van der Waals surface area contributed by atoms with Crippen molar-refractivity contribution in [3.63, 3.8) is 0 Å². The number of aromatic amines is 1. The number of hydrogen-bond donors (Lipinski definition) is 1. The monoisotopic (exact) mass is 958 g/mol. The lowest BCUT2D eigenvalue weighted by Gasteiger charge is -2.10. The lowest BCUT2D eigenvalue weighted by molar-refractivity contribution is 1.02. The Morgan fingerprint density at radius 1 is 0.358 bits per heavy atom. The van der Waals surface area contributed by atoms with Gasteiger partial charge in [0.25, 0.3) is 0 Å². The van der Waals surface area contributed by atoms with E-state index in [9.17, 15) is 0 Å². The van der Waals surface area contributed by atoms with E-state index in [-0.39, 0.29) is 5.28 Å². The molecular formula is C56H33Cl3N6S2. The smallest absolute Gasteiger partial charge is 0.235 e. The molecule has 6 aromatic heterocycles. The number of halogens is 3. The normalized spacial score (nSPS) is 11.5. The van der Waals surface area contributed by atoms with Crippen LogP contribution in [0, 0.1) is 0 Å². The van der Waals surface area contributed by atoms with Crippen LogP contribution in [-0.2, 0) is 0 Å². The number of para-hydroxylation sites is 4. The standard InChI is InChI=1S/C28H16ClN3S.C16H8Cl2N2S.C12H9N/c29-21-14-8-13-20-25-27(33-26(20)21)24(17-9-2-1-3-10-17)30-28(31-25)32-22-15-6-4-11-18(22)19-12-5-7-16-23(19)32;17-11-8-4-7-10-13-15(21-14(10)11)12(19-16(18)20-13)9-5-2-1-3-6-9;1-3-7-11-9(5-1)10-6-2-4-8-12(10)13-11/h1-16H;1-8H;1-8,13H. The Labute approximate surface area is 406 Å². The molecule has 11 heteroatoms. The molecule has 0 saturated heterocycles. The Bertz CT molecular complexity index is 4060. The Morgan fingerprint density at radius 2 is 0.776 bits per heavy atom. The Balaban J connectivity index is 0.000000117. The lowest BCUT2D eigenvalue weighted by Crippen LogP contribution is -2.02. The number of aromatic nitrogens is 6. The molecule has 8 aromatic carbocycles. The van der Waals surface area contributed by atoms with Crippen molar-refractivity contribution in [2.45, 2.75) is 0 Å². The minimum absolute atomic E-state index is 0.251. The summed E-state index contributed by atoms with van der Waals surface area (Å²) in [6.45, 7) is 0. The van der Waals surface area contributed by atoms with E-state index >= 15 is 0 Å². The summed E-state index contributed by atoms with van der Waals surface area (Å²) in [5, 5.41) is 8.79. The van der Waals surface area contributed by atoms with Gasteiger partial charge in [-0.05, 0) is 48.0 Å². The zero-order valence-electron chi connectivity index (χ0n) is 35.2. The van der Waals surface area contributed by atoms with Crippen LogP contribution in [0.25, 0.3) is 113 Å². The lowest BCUT2D eigenvalue weighted by atomic mass is 10.1. The van der Waals surface area contributed by atoms with E-state index in [1.54, 1.807) is 22.7 Å². The summed E-state index contributed by atoms with van der Waals surface area (Å²) in [5.74, 6) is 0.665. The summed E-state index contributed by atoms with van der Waals surface area (Å²) in [5.41, 5.74) is 10.3. The van der Waals surface area contributed by atoms with Crippen molar-refractivity contribution < 1.29 is 0 Å². The molecule has 6 heterocycles. The third kappa shape index (κ3) is 7.35. The number of fused-ring (bicyclic) bond motifs is 12. The van der Waals surface area contributed by atoms with E-state index in [1.165, 1.54) is 32.6 Å². The third-order valence-electron chi connectivity index (χ3n) is 11.8. The van der Waals surface area contributed by atoms with E-state index in [0.29, 0.717) is 5.95 Å². The molecule has 0 amide bonds. The van der Waals surface area contributed by atoms with Crippen LogP contribution in [0.4, 0.5) is 0 Å². The highest BCUT2D eigenvalue weighted by Gasteiger charge is 2.21. The first-order valence-corrected chi connectivity index (χ1v) is 24.2. The second-order valence-corrected chi connectivity index (χ2v) is 19.0. The molecule has 0 spiro atoms. The SMILES string of the molecule is Clc1cccc2c1sc1c(-c3ccccc3)nc(-n3c4ccccc4c4ccccc43)nc12.Clc1nc(-c2ccccc2)c2sc3c(Cl)cccc3c2n1.c1ccc2c(c1)[nH]c1ccccc12. The summed E-state index contributed by atoms with van der Waals surface area (Å²) < 4.78 is 6.29. The molecule has 6 nitrogen and oxygen atoms in total. The number of rotatable bonds is 3. The van der Waals surface area contributed by atoms with Crippen LogP contribution >= 0.6 is 57.5 Å². The van der Waals surface area contributed by atoms with Crippen LogP contribution in [0.5, 0.6) is 0 Å². The first kappa shape index (κ1) is 41.3. The van der Waals surface area contributed by atoms with Crippen molar-refractivity contribution in [1.82, 2.24) is 29.5 Å². The summed E-state index contributed by atoms with van der Waals surface area (Å²) >= 11 is 22.3. The van der Waals surface area contributed by atoms with E-state index in [1.807, 2.05) is 78.9 Å². The molecule has 320 valence electrons. The molecule has 0 fully saturated rings. The number of hydrogen-bond acceptors (Lipinski definition) is 6. The van der Waals surface area contributed by atoms with Crippen LogP contribution in [-0.4, -0.2) is 29.5 Å². The molecule has 0 atom stereocenters. The topological polar surface area (TPSA) is 72.3 Å². The van der Waals surface area contributed by atoms with Crippen LogP contribution in [0.1, 0.15) is 0 Å². The zero-order valence-corrected chi connectivity index (χ0v) is 39.1. The van der Waals surface area contributed by atoms with E-state index in [4.69, 9.17) is 44.8 Å². The van der Waals surface area contributed by atoms with E-state index in [0.717, 1.165) is 84.2 Å². The molecule has 14 aromatic rings. The van der Waals surface area contributed by atoms with Crippen molar-refractivity contribution >= 4 is 142 Å². The molecule has 0 bridgehead atoms. The van der Waals surface area contributed by atoms with Gasteiger partial charge < -0.3 is 4.98 Å². The second kappa shape index (κ2) is 17.2. The Hall–Kier alpha value is -7.17. The van der Waals surface area contributed by atoms with Crippen LogP contribution in [0.3, 0.4) is 0 Å². The molecule has 0 aliphatic carbocycles. The molecule has 0 unspecified atom stereocenters. The molecule has 0 aliphatic rings. The minimum Gasteiger partial charge on any atom is -0.355 e. The fourth-order valence-electron chi connectivity index (χ4n) is 8.84. The zero-order chi connectivity index (χ0) is 45.0. The number of thiophene rings is 2. The number of nitrogens with one attached hydrogen (secondary N) is 1. The minimum atomic E-state index is 0.251. The molecule has 0 aliphatic heterocycles. The van der Waals surface area contributed by atoms with Gasteiger partial charge in [-0.1, -0.05) is 181 Å². The van der Waals surface area contributed by atoms with Gasteiger partial charge in [-0.25, -0.2) is 19.9 Å². The highest BCUT2D eigenvalue weighted by Crippen LogP contribution is 2.43. The van der Waals surface area contributed by atoms with E-state index < -0.39 is 0 Å². The Morgan fingerprint density at radius 3 is 1.30 bits per heavy atom. The number of H-pyrrole nitrogens is 1. The maximum absolute atomic E-state index is 6.58. The quantitative estimate of drug-likeness (QED) is 0.179. The van der Waals surface area contributed by atoms with Gasteiger partial charge >= 0.3 is 0 Å². The maximum Gasteiger partial charge on any atom is 0.235 e. The highest BCUT2D eigenvalue weighted by molar-refractivity contribution is 7.27. The van der Waals surface area contributed by atoms with Gasteiger partial charge in [0.1, 0.15) is 0 Å². The number of nitrogens with zero attached hydrogens (tertiary/aromatic N) is 5. The van der Waals surface area contributed by atoms with Crippen molar-refractivity contribution in [2.75, 3.05) is 0 Å². The molecule has 67 heavy (non-hydrogen) atoms. The first-order chi connectivity index (χ1) is 33.0. The van der Waals surface area contributed by atoms with Gasteiger partial charge in [0.15, 0.2) is 0 Å². The predicted octanol–water partition coefficient (Wildman–Crippen LogP) is 17.4. The van der Waals surface area contributed by atoms with Gasteiger partial charge in [0.2, 0.25) is 11.2 Å². The van der Waals surface area contributed by atoms with E-state index in [2.05, 4.69) is 135 Å². The summed E-state index contributed by atoms with van der Waals surface area (Å²) in [7, 11) is 0. The summed E-state index contributed by atoms with van der Waals surface area (Å²) in [6.07, 6.45) is 0. The van der Waals surface area contributed by atoms with Gasteiger partial charge in [-0.2, -0.15) is 0 Å². The van der Waals surface area contributed by atoms with Crippen molar-refractivity contribution in [1.29, 1.82) is 0 Å². The number of benzene rings is 8. The molecule has 1 N–H and O–H groups in total. The molecular weight excluding hydrogens is 927 g/mol. The van der Waals surface area contributed by atoms with Gasteiger partial charge in [-0.3, -0.25) is 4.57 Å². The fraction of sp³-hybridized carbons (Fsp3) is 0. The predicted molar refractivity (Wildman–Crippen MR) is 286 cm³/mol. The Kier molecular flexibility index (Phi) is 10.6. The average Bonchev–Trinajstić information content (AvgIpc) is 4.15. The molecule has 0 radical (unpaired) electrons. The van der Waals surface area contributed by atoms with Crippen molar-refractivity contribution in [3.05, 3.63) is 209 Å². The van der Waals surface area contributed by atoms with Crippen LogP contribution in [0.15, 0.2) is 194 Å². The van der Waals surface area contributed by atoms with Gasteiger partial charge in [0.05, 0.1) is 62.3 Å². The van der Waals surface area contributed by atoms with Gasteiger partial charge in [0, 0.05) is 54.5 Å². The maximum atomic E-state index is 6.58. The average molecular weight is 960 g/mol. The largest absolute Gasteiger partial charge is 0.355 e. The highest BCUT2D eigenvalue weighted by atomic mass is 35.5. The fourth-order valence-corrected chi connectivity index (χ4v) is 11.9. The second-order valence-electron chi connectivity index (χ2n) is 15.8. The van der Waals surface area contributed by atoms with Crippen molar-refractivity contribution in [2.24, 2.45) is 0 Å². The molecule has 14 rings (SSSR count). The van der Waals surface area contributed by atoms with Crippen LogP contribution in [0.2, 0.25) is 15.3 Å². The first-order valence-electron chi connectivity index (χ1n) is 21.5. The summed E-state index contributed by atoms with van der Waals surface area (Å²) in [6, 6.07) is 65.8. The van der Waals surface area contributed by atoms with Crippen LogP contribution < -0.4 is 0 Å².